The minimum Gasteiger partial charge on any atom is -0.490 e. The lowest BCUT2D eigenvalue weighted by Crippen LogP contribution is -2.33. The first-order chi connectivity index (χ1) is 8.92. The van der Waals surface area contributed by atoms with Gasteiger partial charge in [-0.2, -0.15) is 0 Å². The van der Waals surface area contributed by atoms with Crippen molar-refractivity contribution in [3.63, 3.8) is 0 Å². The van der Waals surface area contributed by atoms with Gasteiger partial charge in [0.2, 0.25) is 0 Å². The Morgan fingerprint density at radius 3 is 2.89 bits per heavy atom. The van der Waals surface area contributed by atoms with Crippen LogP contribution in [0.5, 0.6) is 5.75 Å². The molecule has 1 aliphatic carbocycles. The Morgan fingerprint density at radius 2 is 2.11 bits per heavy atom. The second-order valence-corrected chi connectivity index (χ2v) is 5.16. The Bertz CT molecular complexity index is 382. The SMILES string of the molecule is c1cc(OC2CCCC2)cc(C2CNCCO2)c1. The largest absolute Gasteiger partial charge is 0.490 e. The lowest BCUT2D eigenvalue weighted by Gasteiger charge is -2.24. The number of ether oxygens (including phenoxy) is 2. The fraction of sp³-hybridized carbons (Fsp3) is 0.600. The number of hydrogen-bond donors (Lipinski definition) is 1. The van der Waals surface area contributed by atoms with Crippen LogP contribution >= 0.6 is 0 Å². The van der Waals surface area contributed by atoms with Crippen molar-refractivity contribution in [3.8, 4) is 5.75 Å². The van der Waals surface area contributed by atoms with Gasteiger partial charge >= 0.3 is 0 Å². The molecule has 0 spiro atoms. The summed E-state index contributed by atoms with van der Waals surface area (Å²) in [6, 6.07) is 8.38. The normalized spacial score (nSPS) is 25.2. The van der Waals surface area contributed by atoms with E-state index in [0.29, 0.717) is 6.10 Å². The van der Waals surface area contributed by atoms with Crippen molar-refractivity contribution in [2.45, 2.75) is 37.9 Å². The number of morpholine rings is 1. The molecular weight excluding hydrogens is 226 g/mol. The molecule has 3 rings (SSSR count). The number of hydrogen-bond acceptors (Lipinski definition) is 3. The van der Waals surface area contributed by atoms with Crippen LogP contribution in [0.15, 0.2) is 24.3 Å². The van der Waals surface area contributed by atoms with Gasteiger partial charge in [-0.3, -0.25) is 0 Å². The van der Waals surface area contributed by atoms with E-state index in [0.717, 1.165) is 25.4 Å². The van der Waals surface area contributed by atoms with Crippen LogP contribution in [0.4, 0.5) is 0 Å². The highest BCUT2D eigenvalue weighted by molar-refractivity contribution is 5.30. The minimum absolute atomic E-state index is 0.172. The standard InChI is InChI=1S/C15H21NO2/c1-2-6-13(5-1)18-14-7-3-4-12(10-14)15-11-16-8-9-17-15/h3-4,7,10,13,15-16H,1-2,5-6,8-9,11H2. The molecule has 0 amide bonds. The van der Waals surface area contributed by atoms with Gasteiger partial charge in [0.1, 0.15) is 5.75 Å². The molecule has 18 heavy (non-hydrogen) atoms. The molecule has 1 aromatic rings. The van der Waals surface area contributed by atoms with Gasteiger partial charge in [0.25, 0.3) is 0 Å². The van der Waals surface area contributed by atoms with Crippen molar-refractivity contribution in [2.75, 3.05) is 19.7 Å². The first-order valence-corrected chi connectivity index (χ1v) is 7.01. The predicted octanol–water partition coefficient (Wildman–Crippen LogP) is 2.67. The van der Waals surface area contributed by atoms with Crippen molar-refractivity contribution in [1.29, 1.82) is 0 Å². The quantitative estimate of drug-likeness (QED) is 0.890. The Hall–Kier alpha value is -1.06. The molecule has 1 heterocycles. The maximum atomic E-state index is 6.03. The van der Waals surface area contributed by atoms with Gasteiger partial charge < -0.3 is 14.8 Å². The molecule has 1 unspecified atom stereocenters. The molecule has 1 saturated carbocycles. The van der Waals surface area contributed by atoms with Crippen LogP contribution in [0.25, 0.3) is 0 Å². The van der Waals surface area contributed by atoms with E-state index in [1.54, 1.807) is 0 Å². The van der Waals surface area contributed by atoms with Crippen LogP contribution in [-0.4, -0.2) is 25.8 Å². The van der Waals surface area contributed by atoms with Crippen molar-refractivity contribution in [1.82, 2.24) is 5.32 Å². The zero-order valence-electron chi connectivity index (χ0n) is 10.7. The van der Waals surface area contributed by atoms with E-state index >= 15 is 0 Å². The van der Waals surface area contributed by atoms with Gasteiger partial charge in [0.15, 0.2) is 0 Å². The molecule has 0 aromatic heterocycles. The Labute approximate surface area is 108 Å². The van der Waals surface area contributed by atoms with E-state index in [4.69, 9.17) is 9.47 Å². The maximum absolute atomic E-state index is 6.03. The summed E-state index contributed by atoms with van der Waals surface area (Å²) in [4.78, 5) is 0. The third kappa shape index (κ3) is 2.85. The van der Waals surface area contributed by atoms with E-state index in [1.807, 2.05) is 0 Å². The van der Waals surface area contributed by atoms with Crippen molar-refractivity contribution >= 4 is 0 Å². The third-order valence-electron chi connectivity index (χ3n) is 3.76. The first-order valence-electron chi connectivity index (χ1n) is 7.01. The average Bonchev–Trinajstić information content (AvgIpc) is 2.93. The summed E-state index contributed by atoms with van der Waals surface area (Å²) in [5, 5.41) is 3.36. The van der Waals surface area contributed by atoms with E-state index in [1.165, 1.54) is 31.2 Å². The molecule has 1 atom stereocenters. The molecule has 0 radical (unpaired) electrons. The zero-order valence-corrected chi connectivity index (χ0v) is 10.7. The fourth-order valence-corrected chi connectivity index (χ4v) is 2.77. The third-order valence-corrected chi connectivity index (χ3v) is 3.76. The highest BCUT2D eigenvalue weighted by atomic mass is 16.5. The van der Waals surface area contributed by atoms with Crippen LogP contribution in [0.3, 0.4) is 0 Å². The van der Waals surface area contributed by atoms with Crippen LogP contribution in [0, 0.1) is 0 Å². The molecule has 98 valence electrons. The molecule has 2 fully saturated rings. The molecule has 0 bridgehead atoms. The molecule has 3 nitrogen and oxygen atoms in total. The molecule has 1 saturated heterocycles. The topological polar surface area (TPSA) is 30.5 Å². The highest BCUT2D eigenvalue weighted by Gasteiger charge is 2.18. The lowest BCUT2D eigenvalue weighted by atomic mass is 10.1. The molecule has 1 N–H and O–H groups in total. The first kappa shape index (κ1) is 12.0. The summed E-state index contributed by atoms with van der Waals surface area (Å²) in [5.74, 6) is 0.994. The van der Waals surface area contributed by atoms with Gasteiger partial charge in [-0.05, 0) is 43.4 Å². The van der Waals surface area contributed by atoms with Gasteiger partial charge in [-0.15, -0.1) is 0 Å². The zero-order chi connectivity index (χ0) is 12.2. The van der Waals surface area contributed by atoms with E-state index in [9.17, 15) is 0 Å². The summed E-state index contributed by atoms with van der Waals surface area (Å²) in [6.07, 6.45) is 5.61. The summed E-state index contributed by atoms with van der Waals surface area (Å²) in [5.41, 5.74) is 1.22. The minimum atomic E-state index is 0.172. The van der Waals surface area contributed by atoms with E-state index < -0.39 is 0 Å². The molecule has 3 heteroatoms. The second kappa shape index (κ2) is 5.72. The highest BCUT2D eigenvalue weighted by Crippen LogP contribution is 2.27. The smallest absolute Gasteiger partial charge is 0.120 e. The summed E-state index contributed by atoms with van der Waals surface area (Å²) in [7, 11) is 0. The van der Waals surface area contributed by atoms with Crippen molar-refractivity contribution < 1.29 is 9.47 Å². The fourth-order valence-electron chi connectivity index (χ4n) is 2.77. The predicted molar refractivity (Wildman–Crippen MR) is 70.9 cm³/mol. The molecular formula is C15H21NO2. The van der Waals surface area contributed by atoms with Gasteiger partial charge in [0, 0.05) is 13.1 Å². The maximum Gasteiger partial charge on any atom is 0.120 e. The van der Waals surface area contributed by atoms with Gasteiger partial charge in [-0.1, -0.05) is 12.1 Å². The van der Waals surface area contributed by atoms with Gasteiger partial charge in [0.05, 0.1) is 18.8 Å². The summed E-state index contributed by atoms with van der Waals surface area (Å²) >= 11 is 0. The van der Waals surface area contributed by atoms with Crippen LogP contribution in [0.2, 0.25) is 0 Å². The molecule has 2 aliphatic rings. The monoisotopic (exact) mass is 247 g/mol. The van der Waals surface area contributed by atoms with Gasteiger partial charge in [-0.25, -0.2) is 0 Å². The van der Waals surface area contributed by atoms with Crippen LogP contribution in [-0.2, 0) is 4.74 Å². The Morgan fingerprint density at radius 1 is 1.22 bits per heavy atom. The van der Waals surface area contributed by atoms with E-state index in [2.05, 4.69) is 29.6 Å². The lowest BCUT2D eigenvalue weighted by molar-refractivity contribution is 0.0275. The number of benzene rings is 1. The number of nitrogens with one attached hydrogen (secondary N) is 1. The Kier molecular flexibility index (Phi) is 3.81. The van der Waals surface area contributed by atoms with Crippen molar-refractivity contribution in [3.05, 3.63) is 29.8 Å². The second-order valence-electron chi connectivity index (χ2n) is 5.16. The van der Waals surface area contributed by atoms with Crippen LogP contribution in [0.1, 0.15) is 37.4 Å². The summed E-state index contributed by atoms with van der Waals surface area (Å²) < 4.78 is 11.8. The molecule has 1 aliphatic heterocycles. The Balaban J connectivity index is 1.67. The number of rotatable bonds is 3. The van der Waals surface area contributed by atoms with E-state index in [-0.39, 0.29) is 6.10 Å². The van der Waals surface area contributed by atoms with Crippen LogP contribution < -0.4 is 10.1 Å². The molecule has 1 aromatic carbocycles. The average molecular weight is 247 g/mol. The van der Waals surface area contributed by atoms with Crippen molar-refractivity contribution in [2.24, 2.45) is 0 Å². The summed E-state index contributed by atoms with van der Waals surface area (Å²) in [6.45, 7) is 2.64.